The van der Waals surface area contributed by atoms with E-state index < -0.39 is 0 Å². The van der Waals surface area contributed by atoms with Gasteiger partial charge in [-0.2, -0.15) is 10.5 Å². The molecule has 1 N–H and O–H groups in total. The first kappa shape index (κ1) is 13.6. The molecule has 0 fully saturated rings. The Hall–Kier alpha value is -2.46. The molecular weight excluding hydrogens is 226 g/mol. The maximum atomic E-state index is 8.57. The van der Waals surface area contributed by atoms with E-state index in [4.69, 9.17) is 15.3 Å². The summed E-state index contributed by atoms with van der Waals surface area (Å²) < 4.78 is 5.54. The third-order valence-corrected chi connectivity index (χ3v) is 2.06. The Kier molecular flexibility index (Phi) is 5.28. The molecule has 0 saturated heterocycles. The zero-order chi connectivity index (χ0) is 13.4. The maximum absolute atomic E-state index is 8.57. The summed E-state index contributed by atoms with van der Waals surface area (Å²) in [5.41, 5.74) is 0.838. The fraction of sp³-hybridized carbons (Fsp3) is 0.286. The van der Waals surface area contributed by atoms with Crippen molar-refractivity contribution in [1.29, 1.82) is 10.5 Å². The molecule has 1 aromatic rings. The number of ether oxygens (including phenoxy) is 1. The standard InChI is InChI=1S/C14H15N3O/c1-11(2)10-18-14-5-3-13(4-6-14)17-9-12(7-15)8-16/h3-6,9,11,17H,10H2,1-2H3. The lowest BCUT2D eigenvalue weighted by Gasteiger charge is -2.09. The molecule has 0 unspecified atom stereocenters. The molecule has 0 aliphatic carbocycles. The van der Waals surface area contributed by atoms with Crippen LogP contribution in [-0.2, 0) is 0 Å². The third kappa shape index (κ3) is 4.59. The Balaban J connectivity index is 2.59. The molecule has 1 rings (SSSR count). The second kappa shape index (κ2) is 6.98. The first-order valence-electron chi connectivity index (χ1n) is 5.65. The number of benzene rings is 1. The highest BCUT2D eigenvalue weighted by Gasteiger charge is 1.97. The highest BCUT2D eigenvalue weighted by atomic mass is 16.5. The van der Waals surface area contributed by atoms with Crippen LogP contribution in [0.4, 0.5) is 5.69 Å². The van der Waals surface area contributed by atoms with Crippen molar-refractivity contribution in [3.63, 3.8) is 0 Å². The number of nitrogens with zero attached hydrogens (tertiary/aromatic N) is 2. The van der Waals surface area contributed by atoms with E-state index in [1.807, 2.05) is 24.3 Å². The molecule has 0 saturated carbocycles. The van der Waals surface area contributed by atoms with E-state index in [2.05, 4.69) is 19.2 Å². The summed E-state index contributed by atoms with van der Waals surface area (Å²) in [6.07, 6.45) is 1.38. The van der Waals surface area contributed by atoms with Gasteiger partial charge in [-0.05, 0) is 30.2 Å². The van der Waals surface area contributed by atoms with E-state index in [1.165, 1.54) is 6.20 Å². The van der Waals surface area contributed by atoms with Gasteiger partial charge < -0.3 is 10.1 Å². The number of nitriles is 2. The van der Waals surface area contributed by atoms with Gasteiger partial charge in [0.1, 0.15) is 23.5 Å². The summed E-state index contributed by atoms with van der Waals surface area (Å²) in [6, 6.07) is 10.9. The lowest BCUT2D eigenvalue weighted by Crippen LogP contribution is -2.04. The number of allylic oxidation sites excluding steroid dienone is 1. The summed E-state index contributed by atoms with van der Waals surface area (Å²) in [7, 11) is 0. The Morgan fingerprint density at radius 3 is 2.39 bits per heavy atom. The second-order valence-corrected chi connectivity index (χ2v) is 4.16. The zero-order valence-electron chi connectivity index (χ0n) is 10.5. The molecule has 92 valence electrons. The van der Waals surface area contributed by atoms with Crippen molar-refractivity contribution in [3.8, 4) is 17.9 Å². The van der Waals surface area contributed by atoms with Gasteiger partial charge in [-0.3, -0.25) is 0 Å². The van der Waals surface area contributed by atoms with Gasteiger partial charge in [-0.25, -0.2) is 0 Å². The number of hydrogen-bond donors (Lipinski definition) is 1. The fourth-order valence-corrected chi connectivity index (χ4v) is 1.16. The van der Waals surface area contributed by atoms with Crippen LogP contribution in [0.5, 0.6) is 5.75 Å². The maximum Gasteiger partial charge on any atom is 0.145 e. The summed E-state index contributed by atoms with van der Waals surface area (Å²) in [6.45, 7) is 4.86. The van der Waals surface area contributed by atoms with Gasteiger partial charge in [0.15, 0.2) is 0 Å². The van der Waals surface area contributed by atoms with Gasteiger partial charge >= 0.3 is 0 Å². The summed E-state index contributed by atoms with van der Waals surface area (Å²) in [5.74, 6) is 1.29. The third-order valence-electron chi connectivity index (χ3n) is 2.06. The van der Waals surface area contributed by atoms with Gasteiger partial charge in [0.05, 0.1) is 6.61 Å². The molecule has 4 nitrogen and oxygen atoms in total. The Bertz CT molecular complexity index is 473. The van der Waals surface area contributed by atoms with E-state index in [1.54, 1.807) is 12.1 Å². The average molecular weight is 241 g/mol. The number of rotatable bonds is 5. The van der Waals surface area contributed by atoms with Crippen molar-refractivity contribution in [2.75, 3.05) is 11.9 Å². The van der Waals surface area contributed by atoms with Crippen molar-refractivity contribution >= 4 is 5.69 Å². The van der Waals surface area contributed by atoms with Crippen molar-refractivity contribution in [1.82, 2.24) is 0 Å². The molecule has 0 heterocycles. The highest BCUT2D eigenvalue weighted by Crippen LogP contribution is 2.16. The number of anilines is 1. The lowest BCUT2D eigenvalue weighted by atomic mass is 10.2. The zero-order valence-corrected chi connectivity index (χ0v) is 10.5. The summed E-state index contributed by atoms with van der Waals surface area (Å²) in [5, 5.41) is 20.0. The van der Waals surface area contributed by atoms with Crippen molar-refractivity contribution in [2.45, 2.75) is 13.8 Å². The average Bonchev–Trinajstić information content (AvgIpc) is 2.39. The molecule has 0 amide bonds. The number of nitrogens with one attached hydrogen (secondary N) is 1. The smallest absolute Gasteiger partial charge is 0.145 e. The Morgan fingerprint density at radius 2 is 1.89 bits per heavy atom. The van der Waals surface area contributed by atoms with Crippen molar-refractivity contribution in [2.24, 2.45) is 5.92 Å². The van der Waals surface area contributed by atoms with Crippen LogP contribution in [-0.4, -0.2) is 6.61 Å². The predicted octanol–water partition coefficient (Wildman–Crippen LogP) is 3.06. The molecule has 0 aromatic heterocycles. The predicted molar refractivity (Wildman–Crippen MR) is 69.7 cm³/mol. The van der Waals surface area contributed by atoms with E-state index in [0.29, 0.717) is 12.5 Å². The van der Waals surface area contributed by atoms with E-state index in [9.17, 15) is 0 Å². The van der Waals surface area contributed by atoms with Gasteiger partial charge in [-0.15, -0.1) is 0 Å². The summed E-state index contributed by atoms with van der Waals surface area (Å²) in [4.78, 5) is 0. The molecular formula is C14H15N3O. The minimum absolute atomic E-state index is 0.0372. The molecule has 0 radical (unpaired) electrons. The molecule has 0 atom stereocenters. The van der Waals surface area contributed by atoms with Crippen LogP contribution < -0.4 is 10.1 Å². The van der Waals surface area contributed by atoms with Crippen molar-refractivity contribution in [3.05, 3.63) is 36.0 Å². The largest absolute Gasteiger partial charge is 0.493 e. The monoisotopic (exact) mass is 241 g/mol. The molecule has 0 aliphatic rings. The number of hydrogen-bond acceptors (Lipinski definition) is 4. The first-order chi connectivity index (χ1) is 8.65. The highest BCUT2D eigenvalue weighted by molar-refractivity contribution is 5.51. The van der Waals surface area contributed by atoms with Crippen LogP contribution in [0.1, 0.15) is 13.8 Å². The van der Waals surface area contributed by atoms with Gasteiger partial charge in [0, 0.05) is 11.9 Å². The van der Waals surface area contributed by atoms with E-state index in [0.717, 1.165) is 11.4 Å². The molecule has 18 heavy (non-hydrogen) atoms. The minimum Gasteiger partial charge on any atom is -0.493 e. The normalized spacial score (nSPS) is 9.17. The molecule has 0 bridgehead atoms. The Labute approximate surface area is 107 Å². The second-order valence-electron chi connectivity index (χ2n) is 4.16. The molecule has 0 aliphatic heterocycles. The lowest BCUT2D eigenvalue weighted by molar-refractivity contribution is 0.271. The summed E-state index contributed by atoms with van der Waals surface area (Å²) >= 11 is 0. The molecule has 0 spiro atoms. The van der Waals surface area contributed by atoms with Crippen LogP contribution in [0, 0.1) is 28.6 Å². The van der Waals surface area contributed by atoms with Crippen LogP contribution >= 0.6 is 0 Å². The minimum atomic E-state index is 0.0372. The molecule has 1 aromatic carbocycles. The molecule has 4 heteroatoms. The SMILES string of the molecule is CC(C)COc1ccc(NC=C(C#N)C#N)cc1. The van der Waals surface area contributed by atoms with Gasteiger partial charge in [-0.1, -0.05) is 13.8 Å². The van der Waals surface area contributed by atoms with E-state index in [-0.39, 0.29) is 5.57 Å². The van der Waals surface area contributed by atoms with Crippen LogP contribution in [0.25, 0.3) is 0 Å². The van der Waals surface area contributed by atoms with Crippen LogP contribution in [0.15, 0.2) is 36.0 Å². The van der Waals surface area contributed by atoms with Crippen LogP contribution in [0.3, 0.4) is 0 Å². The van der Waals surface area contributed by atoms with Gasteiger partial charge in [0.25, 0.3) is 0 Å². The topological polar surface area (TPSA) is 68.8 Å². The Morgan fingerprint density at radius 1 is 1.28 bits per heavy atom. The fourth-order valence-electron chi connectivity index (χ4n) is 1.16. The first-order valence-corrected chi connectivity index (χ1v) is 5.65. The van der Waals surface area contributed by atoms with Gasteiger partial charge in [0.2, 0.25) is 0 Å². The van der Waals surface area contributed by atoms with Crippen LogP contribution in [0.2, 0.25) is 0 Å². The quantitative estimate of drug-likeness (QED) is 0.804. The van der Waals surface area contributed by atoms with Crippen molar-refractivity contribution < 1.29 is 4.74 Å². The van der Waals surface area contributed by atoms with E-state index >= 15 is 0 Å².